The highest BCUT2D eigenvalue weighted by Gasteiger charge is 2.19. The van der Waals surface area contributed by atoms with E-state index in [0.29, 0.717) is 5.56 Å². The Morgan fingerprint density at radius 1 is 1.29 bits per heavy atom. The van der Waals surface area contributed by atoms with Gasteiger partial charge in [-0.15, -0.1) is 0 Å². The molecule has 0 spiro atoms. The molecule has 0 fully saturated rings. The molecule has 2 aromatic rings. The average molecular weight is 303 g/mol. The van der Waals surface area contributed by atoms with Crippen LogP contribution in [0.25, 0.3) is 0 Å². The quantitative estimate of drug-likeness (QED) is 0.823. The van der Waals surface area contributed by atoms with E-state index >= 15 is 0 Å². The first kappa shape index (κ1) is 15.0. The zero-order valence-corrected chi connectivity index (χ0v) is 12.1. The maximum atomic E-state index is 12.4. The Kier molecular flexibility index (Phi) is 4.52. The Morgan fingerprint density at radius 3 is 2.67 bits per heavy atom. The van der Waals surface area contributed by atoms with Crippen LogP contribution in [0.4, 0.5) is 5.95 Å². The van der Waals surface area contributed by atoms with Crippen LogP contribution in [0.3, 0.4) is 0 Å². The van der Waals surface area contributed by atoms with Gasteiger partial charge in [-0.05, 0) is 30.7 Å². The smallest absolute Gasteiger partial charge is 0.265 e. The summed E-state index contributed by atoms with van der Waals surface area (Å²) in [5.41, 5.74) is 1.18. The van der Waals surface area contributed by atoms with Crippen LogP contribution in [0.5, 0.6) is 0 Å². The van der Waals surface area contributed by atoms with Crippen LogP contribution >= 0.6 is 0 Å². The van der Waals surface area contributed by atoms with Crippen LogP contribution in [0.2, 0.25) is 0 Å². The van der Waals surface area contributed by atoms with Gasteiger partial charge in [-0.25, -0.2) is 23.1 Å². The van der Waals surface area contributed by atoms with E-state index in [4.69, 9.17) is 5.11 Å². The van der Waals surface area contributed by atoms with Crippen molar-refractivity contribution in [1.82, 2.24) is 9.97 Å². The molecule has 0 bridgehead atoms. The molecule has 21 heavy (non-hydrogen) atoms. The van der Waals surface area contributed by atoms with Crippen molar-refractivity contribution in [2.45, 2.75) is 11.8 Å². The highest BCUT2D eigenvalue weighted by Crippen LogP contribution is 2.18. The summed E-state index contributed by atoms with van der Waals surface area (Å²) in [6, 6.07) is 6.36. The number of aliphatic hydroxyl groups excluding tert-OH is 1. The van der Waals surface area contributed by atoms with Gasteiger partial charge in [0.1, 0.15) is 11.5 Å². The summed E-state index contributed by atoms with van der Waals surface area (Å²) in [7, 11) is -3.85. The number of aryl methyl sites for hydroxylation is 1. The van der Waals surface area contributed by atoms with Crippen LogP contribution in [0.1, 0.15) is 11.1 Å². The Bertz CT molecular complexity index is 793. The number of benzene rings is 1. The number of sulfonamides is 1. The molecule has 6 nitrogen and oxygen atoms in total. The first-order chi connectivity index (χ1) is 10.0. The third-order valence-corrected chi connectivity index (χ3v) is 3.90. The highest BCUT2D eigenvalue weighted by atomic mass is 32.2. The summed E-state index contributed by atoms with van der Waals surface area (Å²) in [5, 5.41) is 8.77. The minimum atomic E-state index is -3.85. The SMILES string of the molecule is Cc1ccc(S(=O)(=O)Nc2ncccn2)c(C#CCO)c1. The number of hydrogen-bond acceptors (Lipinski definition) is 5. The van der Waals surface area contributed by atoms with Crippen LogP contribution in [-0.2, 0) is 10.0 Å². The highest BCUT2D eigenvalue weighted by molar-refractivity contribution is 7.92. The van der Waals surface area contributed by atoms with Gasteiger partial charge < -0.3 is 5.11 Å². The maximum Gasteiger partial charge on any atom is 0.265 e. The average Bonchev–Trinajstić information content (AvgIpc) is 2.45. The molecule has 2 N–H and O–H groups in total. The molecule has 0 aliphatic rings. The molecule has 1 aromatic carbocycles. The summed E-state index contributed by atoms with van der Waals surface area (Å²) in [4.78, 5) is 7.66. The van der Waals surface area contributed by atoms with E-state index in [0.717, 1.165) is 5.56 Å². The van der Waals surface area contributed by atoms with Gasteiger partial charge in [-0.1, -0.05) is 17.9 Å². The molecule has 0 saturated heterocycles. The van der Waals surface area contributed by atoms with Crippen molar-refractivity contribution in [3.8, 4) is 11.8 Å². The van der Waals surface area contributed by atoms with E-state index in [-0.39, 0.29) is 17.5 Å². The molecule has 0 radical (unpaired) electrons. The summed E-state index contributed by atoms with van der Waals surface area (Å²) < 4.78 is 27.0. The second kappa shape index (κ2) is 6.35. The second-order valence-electron chi connectivity index (χ2n) is 4.14. The molecular weight excluding hydrogens is 290 g/mol. The fourth-order valence-corrected chi connectivity index (χ4v) is 2.74. The zero-order chi connectivity index (χ0) is 15.3. The van der Waals surface area contributed by atoms with Crippen molar-refractivity contribution >= 4 is 16.0 Å². The Labute approximate surface area is 122 Å². The molecule has 2 rings (SSSR count). The summed E-state index contributed by atoms with van der Waals surface area (Å²) in [5.74, 6) is 5.07. The molecule has 0 aliphatic carbocycles. The van der Waals surface area contributed by atoms with Crippen LogP contribution < -0.4 is 4.72 Å². The van der Waals surface area contributed by atoms with Crippen molar-refractivity contribution in [1.29, 1.82) is 0 Å². The van der Waals surface area contributed by atoms with Crippen molar-refractivity contribution in [3.05, 3.63) is 47.8 Å². The summed E-state index contributed by atoms with van der Waals surface area (Å²) in [6.45, 7) is 1.48. The van der Waals surface area contributed by atoms with E-state index in [1.165, 1.54) is 18.5 Å². The van der Waals surface area contributed by atoms with Crippen molar-refractivity contribution in [2.24, 2.45) is 0 Å². The standard InChI is InChI=1S/C14H13N3O3S/c1-11-5-6-13(12(10-11)4-2-9-18)21(19,20)17-14-15-7-3-8-16-14/h3,5-8,10,18H,9H2,1H3,(H,15,16,17). The molecule has 0 aliphatic heterocycles. The van der Waals surface area contributed by atoms with E-state index in [9.17, 15) is 8.42 Å². The van der Waals surface area contributed by atoms with Gasteiger partial charge in [0.05, 0.1) is 0 Å². The molecule has 7 heteroatoms. The van der Waals surface area contributed by atoms with Gasteiger partial charge >= 0.3 is 0 Å². The lowest BCUT2D eigenvalue weighted by Crippen LogP contribution is -2.16. The molecule has 1 heterocycles. The summed E-state index contributed by atoms with van der Waals surface area (Å²) >= 11 is 0. The Hall–Kier alpha value is -2.43. The lowest BCUT2D eigenvalue weighted by molar-refractivity contribution is 0.350. The molecule has 1 aromatic heterocycles. The molecule has 0 atom stereocenters. The van der Waals surface area contributed by atoms with Crippen molar-refractivity contribution in [2.75, 3.05) is 11.3 Å². The third-order valence-electron chi connectivity index (χ3n) is 2.52. The van der Waals surface area contributed by atoms with E-state index < -0.39 is 10.0 Å². The minimum absolute atomic E-state index is 0.0147. The number of nitrogens with zero attached hydrogens (tertiary/aromatic N) is 2. The van der Waals surface area contributed by atoms with Crippen LogP contribution in [0, 0.1) is 18.8 Å². The first-order valence-corrected chi connectivity index (χ1v) is 7.51. The van der Waals surface area contributed by atoms with Gasteiger partial charge in [0.25, 0.3) is 10.0 Å². The van der Waals surface area contributed by atoms with Crippen molar-refractivity contribution in [3.63, 3.8) is 0 Å². The fraction of sp³-hybridized carbons (Fsp3) is 0.143. The number of hydrogen-bond donors (Lipinski definition) is 2. The second-order valence-corrected chi connectivity index (χ2v) is 5.79. The molecule has 0 amide bonds. The Morgan fingerprint density at radius 2 is 2.00 bits per heavy atom. The molecule has 0 unspecified atom stereocenters. The third kappa shape index (κ3) is 3.78. The zero-order valence-electron chi connectivity index (χ0n) is 11.2. The predicted octanol–water partition coefficient (Wildman–Crippen LogP) is 0.930. The minimum Gasteiger partial charge on any atom is -0.384 e. The van der Waals surface area contributed by atoms with Crippen LogP contribution in [-0.4, -0.2) is 30.1 Å². The predicted molar refractivity (Wildman–Crippen MR) is 78.0 cm³/mol. The van der Waals surface area contributed by atoms with Crippen molar-refractivity contribution < 1.29 is 13.5 Å². The van der Waals surface area contributed by atoms with Gasteiger partial charge in [0.15, 0.2) is 0 Å². The maximum absolute atomic E-state index is 12.4. The van der Waals surface area contributed by atoms with Gasteiger partial charge in [0, 0.05) is 18.0 Å². The topological polar surface area (TPSA) is 92.2 Å². The van der Waals surface area contributed by atoms with Gasteiger partial charge in [-0.3, -0.25) is 0 Å². The molecule has 0 saturated carbocycles. The largest absolute Gasteiger partial charge is 0.384 e. The fourth-order valence-electron chi connectivity index (χ4n) is 1.64. The monoisotopic (exact) mass is 303 g/mol. The number of rotatable bonds is 3. The Balaban J connectivity index is 2.45. The number of aliphatic hydroxyl groups is 1. The van der Waals surface area contributed by atoms with Crippen LogP contribution in [0.15, 0.2) is 41.6 Å². The van der Waals surface area contributed by atoms with Gasteiger partial charge in [-0.2, -0.15) is 0 Å². The van der Waals surface area contributed by atoms with E-state index in [1.54, 1.807) is 18.2 Å². The van der Waals surface area contributed by atoms with E-state index in [1.807, 2.05) is 6.92 Å². The lowest BCUT2D eigenvalue weighted by Gasteiger charge is -2.08. The van der Waals surface area contributed by atoms with E-state index in [2.05, 4.69) is 26.5 Å². The first-order valence-electron chi connectivity index (χ1n) is 6.03. The normalized spacial score (nSPS) is 10.6. The summed E-state index contributed by atoms with van der Waals surface area (Å²) in [6.07, 6.45) is 2.87. The molecular formula is C14H13N3O3S. The van der Waals surface area contributed by atoms with Gasteiger partial charge in [0.2, 0.25) is 5.95 Å². The number of nitrogens with one attached hydrogen (secondary N) is 1. The number of aromatic nitrogens is 2. The lowest BCUT2D eigenvalue weighted by atomic mass is 10.1. The molecule has 108 valence electrons. The number of anilines is 1.